The number of hydrogen-bond acceptors (Lipinski definition) is 4. The average Bonchev–Trinajstić information content (AvgIpc) is 3.49. The average molecular weight is 594 g/mol. The number of fused-ring (bicyclic) bond motifs is 6. The topological polar surface area (TPSA) is 54.0 Å². The van der Waals surface area contributed by atoms with Crippen LogP contribution in [0.1, 0.15) is 5.69 Å². The van der Waals surface area contributed by atoms with E-state index < -0.39 is 0 Å². The molecule has 4 nitrogen and oxygen atoms in total. The second-order valence-electron chi connectivity index (χ2n) is 7.06. The molecule has 1 radical (unpaired) electrons. The van der Waals surface area contributed by atoms with Gasteiger partial charge in [-0.05, 0) is 40.2 Å². The summed E-state index contributed by atoms with van der Waals surface area (Å²) in [6.07, 6.45) is 1.79. The van der Waals surface area contributed by atoms with Gasteiger partial charge < -0.3 is 4.40 Å². The number of rotatable bonds is 2. The van der Waals surface area contributed by atoms with E-state index in [2.05, 4.69) is 57.9 Å². The summed E-state index contributed by atoms with van der Waals surface area (Å²) in [4.78, 5) is 4.57. The van der Waals surface area contributed by atoms with E-state index in [1.807, 2.05) is 40.1 Å². The van der Waals surface area contributed by atoms with E-state index in [4.69, 9.17) is 0 Å². The van der Waals surface area contributed by atoms with Crippen molar-refractivity contribution in [3.63, 3.8) is 0 Å². The zero-order chi connectivity index (χ0) is 20.1. The summed E-state index contributed by atoms with van der Waals surface area (Å²) in [6.45, 7) is 0. The molecule has 0 unspecified atom stereocenters. The molecule has 0 aliphatic carbocycles. The van der Waals surface area contributed by atoms with Crippen LogP contribution in [0.15, 0.2) is 78.3 Å². The zero-order valence-electron chi connectivity index (χ0n) is 16.0. The van der Waals surface area contributed by atoms with Crippen LogP contribution in [0.2, 0.25) is 0 Å². The smallest absolute Gasteiger partial charge is 0.148 e. The zero-order valence-corrected chi connectivity index (χ0v) is 19.2. The molecule has 6 aromatic rings. The first kappa shape index (κ1) is 19.6. The molecular formula is C25H13IrN4S-. The van der Waals surface area contributed by atoms with Crippen molar-refractivity contribution in [2.75, 3.05) is 0 Å². The van der Waals surface area contributed by atoms with Gasteiger partial charge in [0.2, 0.25) is 0 Å². The second kappa shape index (κ2) is 7.72. The molecule has 3 aromatic heterocycles. The largest absolute Gasteiger partial charge is 0.339 e. The molecule has 149 valence electrons. The van der Waals surface area contributed by atoms with Crippen molar-refractivity contribution in [2.45, 2.75) is 0 Å². The molecule has 6 heteroatoms. The molecule has 0 saturated carbocycles. The predicted molar refractivity (Wildman–Crippen MR) is 120 cm³/mol. The maximum atomic E-state index is 9.44. The van der Waals surface area contributed by atoms with Gasteiger partial charge in [-0.3, -0.25) is 4.98 Å². The predicted octanol–water partition coefficient (Wildman–Crippen LogP) is 6.10. The molecule has 3 aromatic carbocycles. The summed E-state index contributed by atoms with van der Waals surface area (Å²) in [5.74, 6) is 0. The molecule has 0 fully saturated rings. The normalized spacial score (nSPS) is 10.9. The Kier molecular flexibility index (Phi) is 4.88. The number of aromatic nitrogens is 3. The summed E-state index contributed by atoms with van der Waals surface area (Å²) in [6, 6.07) is 28.3. The fourth-order valence-corrected chi connectivity index (χ4v) is 4.59. The fraction of sp³-hybridized carbons (Fsp3) is 0. The summed E-state index contributed by atoms with van der Waals surface area (Å²) < 4.78 is 6.57. The third kappa shape index (κ3) is 3.07. The van der Waals surface area contributed by atoms with Gasteiger partial charge in [0, 0.05) is 37.2 Å². The number of hydrogen-bond donors (Lipinski definition) is 0. The van der Waals surface area contributed by atoms with Crippen molar-refractivity contribution in [3.05, 3.63) is 90.1 Å². The number of nitrogens with zero attached hydrogens (tertiary/aromatic N) is 4. The van der Waals surface area contributed by atoms with E-state index in [9.17, 15) is 5.26 Å². The Hall–Kier alpha value is -3.36. The van der Waals surface area contributed by atoms with Crippen LogP contribution in [0.5, 0.6) is 0 Å². The Labute approximate surface area is 195 Å². The van der Waals surface area contributed by atoms with Crippen molar-refractivity contribution in [1.29, 1.82) is 5.26 Å². The van der Waals surface area contributed by atoms with E-state index in [0.717, 1.165) is 49.7 Å². The van der Waals surface area contributed by atoms with Gasteiger partial charge in [-0.2, -0.15) is 9.64 Å². The van der Waals surface area contributed by atoms with E-state index in [0.29, 0.717) is 5.69 Å². The van der Waals surface area contributed by atoms with Crippen LogP contribution in [-0.4, -0.2) is 13.8 Å². The van der Waals surface area contributed by atoms with Crippen molar-refractivity contribution < 1.29 is 20.1 Å². The van der Waals surface area contributed by atoms with Crippen LogP contribution < -0.4 is 0 Å². The molecule has 0 atom stereocenters. The van der Waals surface area contributed by atoms with Gasteiger partial charge in [-0.15, -0.1) is 18.2 Å². The van der Waals surface area contributed by atoms with Crippen molar-refractivity contribution >= 4 is 38.9 Å². The number of benzene rings is 3. The molecule has 0 amide bonds. The standard InChI is InChI=1S/C25H13N4S.Ir/c26-14-18-15-29-23-10-9-17(16-5-2-1-3-6-16)13-21(23)24-19(22-11-12-30-28-22)7-4-8-20(24)25(29)27-18;/h1-7,9-13,15H;/q-1;. The van der Waals surface area contributed by atoms with Crippen LogP contribution in [0.3, 0.4) is 0 Å². The second-order valence-corrected chi connectivity index (χ2v) is 7.72. The van der Waals surface area contributed by atoms with Gasteiger partial charge in [0.15, 0.2) is 0 Å². The molecule has 0 aliphatic heterocycles. The molecule has 3 heterocycles. The number of imidazole rings is 1. The van der Waals surface area contributed by atoms with Gasteiger partial charge in [0.1, 0.15) is 11.8 Å². The van der Waals surface area contributed by atoms with Gasteiger partial charge in [0.25, 0.3) is 0 Å². The Morgan fingerprint density at radius 2 is 1.87 bits per heavy atom. The minimum atomic E-state index is 0. The third-order valence-corrected chi connectivity index (χ3v) is 5.95. The first-order valence-corrected chi connectivity index (χ1v) is 10.3. The minimum Gasteiger partial charge on any atom is -0.339 e. The maximum Gasteiger partial charge on any atom is 0.148 e. The Balaban J connectivity index is 0.00000204. The van der Waals surface area contributed by atoms with E-state index in [1.165, 1.54) is 11.5 Å². The third-order valence-electron chi connectivity index (χ3n) is 5.39. The molecule has 0 bridgehead atoms. The molecule has 0 N–H and O–H groups in total. The maximum absolute atomic E-state index is 9.44. The van der Waals surface area contributed by atoms with Crippen LogP contribution in [0, 0.1) is 17.4 Å². The summed E-state index contributed by atoms with van der Waals surface area (Å²) in [5, 5.41) is 14.4. The molecule has 0 saturated heterocycles. The molecule has 31 heavy (non-hydrogen) atoms. The van der Waals surface area contributed by atoms with Crippen LogP contribution in [-0.2, 0) is 20.1 Å². The van der Waals surface area contributed by atoms with Gasteiger partial charge >= 0.3 is 0 Å². The Morgan fingerprint density at radius 1 is 1.00 bits per heavy atom. The molecule has 0 spiro atoms. The van der Waals surface area contributed by atoms with Crippen molar-refractivity contribution in [1.82, 2.24) is 13.8 Å². The number of nitriles is 1. The van der Waals surface area contributed by atoms with Crippen LogP contribution in [0.25, 0.3) is 49.7 Å². The van der Waals surface area contributed by atoms with E-state index in [1.54, 1.807) is 6.20 Å². The summed E-state index contributed by atoms with van der Waals surface area (Å²) in [7, 11) is 0. The van der Waals surface area contributed by atoms with Gasteiger partial charge in [-0.25, -0.2) is 0 Å². The quantitative estimate of drug-likeness (QED) is 0.180. The molecular weight excluding hydrogens is 581 g/mol. The van der Waals surface area contributed by atoms with E-state index in [-0.39, 0.29) is 20.1 Å². The first-order chi connectivity index (χ1) is 14.8. The van der Waals surface area contributed by atoms with Gasteiger partial charge in [0.05, 0.1) is 11.3 Å². The van der Waals surface area contributed by atoms with Crippen LogP contribution >= 0.6 is 11.5 Å². The Bertz CT molecular complexity index is 1600. The van der Waals surface area contributed by atoms with E-state index >= 15 is 0 Å². The monoisotopic (exact) mass is 594 g/mol. The van der Waals surface area contributed by atoms with Crippen LogP contribution in [0.4, 0.5) is 0 Å². The van der Waals surface area contributed by atoms with Gasteiger partial charge in [-0.1, -0.05) is 58.8 Å². The Morgan fingerprint density at radius 3 is 2.65 bits per heavy atom. The SMILES string of the molecule is N#Cc1cn2c3ccc(-c4ccccc4)cc3c3c(-c4ccsn4)cc[c-]c3c2n1.[Ir]. The first-order valence-electron chi connectivity index (χ1n) is 9.49. The molecule has 0 aliphatic rings. The van der Waals surface area contributed by atoms with Crippen molar-refractivity contribution in [3.8, 4) is 28.5 Å². The summed E-state index contributed by atoms with van der Waals surface area (Å²) in [5.41, 5.74) is 6.40. The summed E-state index contributed by atoms with van der Waals surface area (Å²) >= 11 is 1.44. The fourth-order valence-electron chi connectivity index (χ4n) is 4.07. The molecule has 6 rings (SSSR count). The number of pyridine rings is 1. The van der Waals surface area contributed by atoms with Crippen molar-refractivity contribution in [2.24, 2.45) is 0 Å². The minimum absolute atomic E-state index is 0.